The Bertz CT molecular complexity index is 480. The highest BCUT2D eigenvalue weighted by Crippen LogP contribution is 2.32. The van der Waals surface area contributed by atoms with Gasteiger partial charge in [0, 0.05) is 31.9 Å². The maximum absolute atomic E-state index is 12.0. The van der Waals surface area contributed by atoms with Crippen LogP contribution in [0.15, 0.2) is 18.2 Å². The van der Waals surface area contributed by atoms with E-state index < -0.39 is 0 Å². The number of hydrogen-bond donors (Lipinski definition) is 1. The summed E-state index contributed by atoms with van der Waals surface area (Å²) in [6.45, 7) is 6.01. The number of hydrogen-bond acceptors (Lipinski definition) is 2. The molecule has 0 unspecified atom stereocenters. The molecule has 0 aliphatic carbocycles. The minimum absolute atomic E-state index is 0.0351. The van der Waals surface area contributed by atoms with E-state index in [1.165, 1.54) is 24.1 Å². The van der Waals surface area contributed by atoms with E-state index in [4.69, 9.17) is 0 Å². The largest absolute Gasteiger partial charge is 0.371 e. The summed E-state index contributed by atoms with van der Waals surface area (Å²) in [6, 6.07) is 6.33. The maximum atomic E-state index is 12.0. The molecule has 0 radical (unpaired) electrons. The van der Waals surface area contributed by atoms with Crippen LogP contribution in [0.2, 0.25) is 0 Å². The van der Waals surface area contributed by atoms with Crippen LogP contribution in [0.5, 0.6) is 0 Å². The predicted octanol–water partition coefficient (Wildman–Crippen LogP) is 2.51. The summed E-state index contributed by atoms with van der Waals surface area (Å²) >= 11 is 0. The number of amides is 2. The first kappa shape index (κ1) is 12.3. The molecular weight excluding hydrogens is 238 g/mol. The molecule has 0 saturated carbocycles. The zero-order chi connectivity index (χ0) is 13.2. The van der Waals surface area contributed by atoms with Gasteiger partial charge in [-0.2, -0.15) is 0 Å². The van der Waals surface area contributed by atoms with Crippen LogP contribution in [-0.2, 0) is 0 Å². The lowest BCUT2D eigenvalue weighted by atomic mass is 10.1. The Morgan fingerprint density at radius 1 is 1.05 bits per heavy atom. The fourth-order valence-corrected chi connectivity index (χ4v) is 3.06. The molecule has 2 heterocycles. The Balaban J connectivity index is 1.93. The molecule has 19 heavy (non-hydrogen) atoms. The van der Waals surface area contributed by atoms with Crippen LogP contribution < -0.4 is 15.1 Å². The summed E-state index contributed by atoms with van der Waals surface area (Å²) in [5, 5.41) is 2.92. The molecule has 1 aromatic rings. The number of nitrogens with one attached hydrogen (secondary N) is 1. The summed E-state index contributed by atoms with van der Waals surface area (Å²) in [5.74, 6) is 0. The lowest BCUT2D eigenvalue weighted by Gasteiger charge is -2.30. The van der Waals surface area contributed by atoms with E-state index in [0.717, 1.165) is 38.3 Å². The van der Waals surface area contributed by atoms with Gasteiger partial charge in [-0.25, -0.2) is 4.79 Å². The molecule has 0 aromatic heterocycles. The molecule has 3 rings (SSSR count). The van der Waals surface area contributed by atoms with Gasteiger partial charge in [-0.05, 0) is 43.9 Å². The van der Waals surface area contributed by atoms with E-state index in [2.05, 4.69) is 35.3 Å². The van der Waals surface area contributed by atoms with Crippen molar-refractivity contribution in [2.24, 2.45) is 0 Å². The van der Waals surface area contributed by atoms with Gasteiger partial charge in [-0.1, -0.05) is 6.07 Å². The molecule has 1 aromatic carbocycles. The molecule has 1 N–H and O–H groups in total. The number of carbonyl (C=O) groups excluding carboxylic acids is 1. The summed E-state index contributed by atoms with van der Waals surface area (Å²) in [6.07, 6.45) is 3.56. The van der Waals surface area contributed by atoms with Crippen LogP contribution in [-0.4, -0.2) is 32.2 Å². The average molecular weight is 259 g/mol. The number of nitrogens with zero attached hydrogens (tertiary/aromatic N) is 2. The van der Waals surface area contributed by atoms with Gasteiger partial charge >= 0.3 is 6.03 Å². The van der Waals surface area contributed by atoms with Gasteiger partial charge in [0.15, 0.2) is 0 Å². The van der Waals surface area contributed by atoms with Crippen molar-refractivity contribution in [3.63, 3.8) is 0 Å². The van der Waals surface area contributed by atoms with E-state index in [1.807, 2.05) is 4.90 Å². The summed E-state index contributed by atoms with van der Waals surface area (Å²) in [4.78, 5) is 16.3. The van der Waals surface area contributed by atoms with Crippen molar-refractivity contribution in [1.82, 2.24) is 5.32 Å². The molecule has 2 saturated heterocycles. The quantitative estimate of drug-likeness (QED) is 0.886. The van der Waals surface area contributed by atoms with Gasteiger partial charge in [-0.3, -0.25) is 4.90 Å². The number of urea groups is 1. The number of carbonyl (C=O) groups is 1. The molecule has 0 atom stereocenters. The highest BCUT2D eigenvalue weighted by molar-refractivity contribution is 5.94. The van der Waals surface area contributed by atoms with E-state index in [9.17, 15) is 4.79 Å². The van der Waals surface area contributed by atoms with Crippen LogP contribution in [0.25, 0.3) is 0 Å². The highest BCUT2D eigenvalue weighted by atomic mass is 16.2. The Hall–Kier alpha value is -1.71. The zero-order valence-electron chi connectivity index (χ0n) is 11.5. The molecular formula is C15H21N3O. The standard InChI is InChI=1S/C15H21N3O/c1-12-13(17-9-2-3-10-17)6-4-7-14(12)18-11-5-8-16-15(18)19/h4,6-7H,2-3,5,8-11H2,1H3,(H,16,19). The first-order chi connectivity index (χ1) is 9.27. The Kier molecular flexibility index (Phi) is 3.32. The van der Waals surface area contributed by atoms with Crippen molar-refractivity contribution >= 4 is 17.4 Å². The van der Waals surface area contributed by atoms with Crippen molar-refractivity contribution in [2.45, 2.75) is 26.2 Å². The third kappa shape index (κ3) is 2.27. The number of benzene rings is 1. The molecule has 0 bridgehead atoms. The molecule has 4 heteroatoms. The van der Waals surface area contributed by atoms with Gasteiger partial charge in [-0.15, -0.1) is 0 Å². The topological polar surface area (TPSA) is 35.6 Å². The smallest absolute Gasteiger partial charge is 0.321 e. The second-order valence-electron chi connectivity index (χ2n) is 5.35. The molecule has 4 nitrogen and oxygen atoms in total. The van der Waals surface area contributed by atoms with Crippen molar-refractivity contribution in [2.75, 3.05) is 36.0 Å². The summed E-state index contributed by atoms with van der Waals surface area (Å²) in [5.41, 5.74) is 3.57. The molecule has 0 spiro atoms. The van der Waals surface area contributed by atoms with Gasteiger partial charge in [0.25, 0.3) is 0 Å². The SMILES string of the molecule is Cc1c(N2CCCC2)cccc1N1CCCNC1=O. The Labute approximate surface area is 114 Å². The predicted molar refractivity (Wildman–Crippen MR) is 78.0 cm³/mol. The van der Waals surface area contributed by atoms with Crippen molar-refractivity contribution in [1.29, 1.82) is 0 Å². The first-order valence-electron chi connectivity index (χ1n) is 7.17. The van der Waals surface area contributed by atoms with Crippen LogP contribution >= 0.6 is 0 Å². The average Bonchev–Trinajstić information content (AvgIpc) is 2.94. The fraction of sp³-hybridized carbons (Fsp3) is 0.533. The molecule has 2 aliphatic heterocycles. The normalized spacial score (nSPS) is 19.7. The van der Waals surface area contributed by atoms with Crippen molar-refractivity contribution in [3.8, 4) is 0 Å². The zero-order valence-corrected chi connectivity index (χ0v) is 11.5. The number of anilines is 2. The summed E-state index contributed by atoms with van der Waals surface area (Å²) < 4.78 is 0. The van der Waals surface area contributed by atoms with E-state index in [1.54, 1.807) is 0 Å². The van der Waals surface area contributed by atoms with Crippen molar-refractivity contribution in [3.05, 3.63) is 23.8 Å². The van der Waals surface area contributed by atoms with Gasteiger partial charge in [0.1, 0.15) is 0 Å². The van der Waals surface area contributed by atoms with Gasteiger partial charge in [0.05, 0.1) is 5.69 Å². The second-order valence-corrected chi connectivity index (χ2v) is 5.35. The Morgan fingerprint density at radius 3 is 2.53 bits per heavy atom. The van der Waals surface area contributed by atoms with Gasteiger partial charge < -0.3 is 10.2 Å². The van der Waals surface area contributed by atoms with Crippen LogP contribution in [0.1, 0.15) is 24.8 Å². The third-order valence-corrected chi connectivity index (χ3v) is 4.09. The molecule has 2 fully saturated rings. The highest BCUT2D eigenvalue weighted by Gasteiger charge is 2.23. The maximum Gasteiger partial charge on any atom is 0.321 e. The lowest BCUT2D eigenvalue weighted by Crippen LogP contribution is -2.46. The fourth-order valence-electron chi connectivity index (χ4n) is 3.06. The minimum atomic E-state index is 0.0351. The molecule has 2 amide bonds. The minimum Gasteiger partial charge on any atom is -0.371 e. The van der Waals surface area contributed by atoms with Crippen LogP contribution in [0, 0.1) is 6.92 Å². The summed E-state index contributed by atoms with van der Waals surface area (Å²) in [7, 11) is 0. The lowest BCUT2D eigenvalue weighted by molar-refractivity contribution is 0.243. The second kappa shape index (κ2) is 5.11. The van der Waals surface area contributed by atoms with Crippen LogP contribution in [0.4, 0.5) is 16.2 Å². The Morgan fingerprint density at radius 2 is 1.79 bits per heavy atom. The molecule has 2 aliphatic rings. The monoisotopic (exact) mass is 259 g/mol. The van der Waals surface area contributed by atoms with E-state index in [0.29, 0.717) is 0 Å². The van der Waals surface area contributed by atoms with E-state index >= 15 is 0 Å². The van der Waals surface area contributed by atoms with Crippen molar-refractivity contribution < 1.29 is 4.79 Å². The van der Waals surface area contributed by atoms with Crippen LogP contribution in [0.3, 0.4) is 0 Å². The number of rotatable bonds is 2. The van der Waals surface area contributed by atoms with Gasteiger partial charge in [0.2, 0.25) is 0 Å². The first-order valence-corrected chi connectivity index (χ1v) is 7.17. The third-order valence-electron chi connectivity index (χ3n) is 4.09. The van der Waals surface area contributed by atoms with E-state index in [-0.39, 0.29) is 6.03 Å². The molecule has 102 valence electrons.